The predicted molar refractivity (Wildman–Crippen MR) is 76.0 cm³/mol. The van der Waals surface area contributed by atoms with Crippen LogP contribution in [0.4, 0.5) is 13.2 Å². The molecule has 2 aromatic rings. The lowest BCUT2D eigenvalue weighted by molar-refractivity contribution is -0.137. The largest absolute Gasteiger partial charge is 0.416 e. The van der Waals surface area contributed by atoms with E-state index in [0.29, 0.717) is 22.9 Å². The Bertz CT molecular complexity index is 656. The highest BCUT2D eigenvalue weighted by Crippen LogP contribution is 2.33. The van der Waals surface area contributed by atoms with Crippen molar-refractivity contribution in [2.24, 2.45) is 0 Å². The Kier molecular flexibility index (Phi) is 5.15. The number of alkyl halides is 3. The summed E-state index contributed by atoms with van der Waals surface area (Å²) >= 11 is 1.19. The number of carbonyl (C=O) groups is 1. The van der Waals surface area contributed by atoms with E-state index in [1.807, 2.05) is 0 Å². The number of hydroxylamine groups is 1. The minimum Gasteiger partial charge on any atom is -0.274 e. The summed E-state index contributed by atoms with van der Waals surface area (Å²) in [5.41, 5.74) is 2.36. The fraction of sp³-hybridized carbons (Fsp3) is 0.286. The first-order chi connectivity index (χ1) is 10.4. The van der Waals surface area contributed by atoms with Crippen LogP contribution in [0.25, 0.3) is 10.6 Å². The van der Waals surface area contributed by atoms with Crippen LogP contribution in [0.2, 0.25) is 0 Å². The molecule has 1 heterocycles. The van der Waals surface area contributed by atoms with Crippen molar-refractivity contribution in [1.29, 1.82) is 0 Å². The van der Waals surface area contributed by atoms with E-state index < -0.39 is 11.7 Å². The van der Waals surface area contributed by atoms with Gasteiger partial charge < -0.3 is 0 Å². The summed E-state index contributed by atoms with van der Waals surface area (Å²) in [4.78, 5) is 20.4. The molecule has 22 heavy (non-hydrogen) atoms. The molecule has 2 rings (SSSR count). The van der Waals surface area contributed by atoms with Crippen molar-refractivity contribution in [2.45, 2.75) is 19.5 Å². The van der Waals surface area contributed by atoms with Gasteiger partial charge in [-0.25, -0.2) is 10.5 Å². The number of hydrogen-bond acceptors (Lipinski definition) is 4. The van der Waals surface area contributed by atoms with E-state index in [2.05, 4.69) is 10.5 Å². The second-order valence-corrected chi connectivity index (χ2v) is 5.22. The molecule has 1 aromatic heterocycles. The minimum atomic E-state index is -4.40. The second kappa shape index (κ2) is 6.89. The van der Waals surface area contributed by atoms with E-state index in [9.17, 15) is 18.0 Å². The third-order valence-corrected chi connectivity index (χ3v) is 3.60. The van der Waals surface area contributed by atoms with Crippen LogP contribution in [0.5, 0.6) is 0 Å². The molecular formula is C14H13F3N2O2S. The first kappa shape index (κ1) is 16.4. The molecule has 0 saturated heterocycles. The number of nitrogens with zero attached hydrogens (tertiary/aromatic N) is 1. The number of carbonyl (C=O) groups excluding carboxylic acids is 1. The lowest BCUT2D eigenvalue weighted by atomic mass is 10.1. The molecule has 118 valence electrons. The van der Waals surface area contributed by atoms with Crippen molar-refractivity contribution in [3.8, 4) is 10.6 Å². The second-order valence-electron chi connectivity index (χ2n) is 4.36. The summed E-state index contributed by atoms with van der Waals surface area (Å²) in [6.45, 7) is 2.08. The molecule has 0 bridgehead atoms. The Morgan fingerprint density at radius 2 is 2.18 bits per heavy atom. The fourth-order valence-electron chi connectivity index (χ4n) is 1.70. The molecule has 0 saturated carbocycles. The topological polar surface area (TPSA) is 51.2 Å². The molecular weight excluding hydrogens is 317 g/mol. The van der Waals surface area contributed by atoms with E-state index in [-0.39, 0.29) is 12.3 Å². The standard InChI is InChI=1S/C14H13F3N2O2S/c1-2-21-19-12(20)7-11-8-22-13(18-11)9-4-3-5-10(6-9)14(15,16)17/h3-6,8H,2,7H2,1H3,(H,19,20). The van der Waals surface area contributed by atoms with Crippen LogP contribution < -0.4 is 5.48 Å². The van der Waals surface area contributed by atoms with Gasteiger partial charge in [-0.2, -0.15) is 13.2 Å². The molecule has 8 heteroatoms. The highest BCUT2D eigenvalue weighted by atomic mass is 32.1. The summed E-state index contributed by atoms with van der Waals surface area (Å²) in [7, 11) is 0. The maximum Gasteiger partial charge on any atom is 0.416 e. The van der Waals surface area contributed by atoms with Gasteiger partial charge in [0.25, 0.3) is 0 Å². The van der Waals surface area contributed by atoms with Gasteiger partial charge in [0.05, 0.1) is 24.3 Å². The maximum atomic E-state index is 12.7. The zero-order valence-corrected chi connectivity index (χ0v) is 12.4. The minimum absolute atomic E-state index is 0.00939. The number of nitrogens with one attached hydrogen (secondary N) is 1. The normalized spacial score (nSPS) is 11.5. The fourth-order valence-corrected chi connectivity index (χ4v) is 2.52. The number of aromatic nitrogens is 1. The molecule has 1 aromatic carbocycles. The molecule has 0 atom stereocenters. The first-order valence-corrected chi connectivity index (χ1v) is 7.30. The summed E-state index contributed by atoms with van der Waals surface area (Å²) < 4.78 is 38.1. The molecule has 0 aliphatic heterocycles. The van der Waals surface area contributed by atoms with Crippen LogP contribution in [-0.4, -0.2) is 17.5 Å². The molecule has 1 N–H and O–H groups in total. The zero-order chi connectivity index (χ0) is 16.2. The van der Waals surface area contributed by atoms with Gasteiger partial charge in [0.1, 0.15) is 5.01 Å². The van der Waals surface area contributed by atoms with Crippen molar-refractivity contribution in [1.82, 2.24) is 10.5 Å². The summed E-state index contributed by atoms with van der Waals surface area (Å²) in [5, 5.41) is 2.08. The Hall–Kier alpha value is -1.93. The van der Waals surface area contributed by atoms with Gasteiger partial charge >= 0.3 is 6.18 Å². The van der Waals surface area contributed by atoms with Gasteiger partial charge in [-0.1, -0.05) is 12.1 Å². The third kappa shape index (κ3) is 4.28. The molecule has 0 fully saturated rings. The van der Waals surface area contributed by atoms with Gasteiger partial charge in [-0.15, -0.1) is 11.3 Å². The van der Waals surface area contributed by atoms with E-state index in [1.54, 1.807) is 18.4 Å². The summed E-state index contributed by atoms with van der Waals surface area (Å²) in [6, 6.07) is 4.94. The van der Waals surface area contributed by atoms with Gasteiger partial charge in [0, 0.05) is 10.9 Å². The molecule has 1 amide bonds. The van der Waals surface area contributed by atoms with E-state index in [0.717, 1.165) is 12.1 Å². The molecule has 0 aliphatic rings. The van der Waals surface area contributed by atoms with Crippen LogP contribution >= 0.6 is 11.3 Å². The van der Waals surface area contributed by atoms with Gasteiger partial charge in [0.15, 0.2) is 0 Å². The number of amides is 1. The lowest BCUT2D eigenvalue weighted by Gasteiger charge is -2.07. The predicted octanol–water partition coefficient (Wildman–Crippen LogP) is 3.44. The van der Waals surface area contributed by atoms with Gasteiger partial charge in [-0.3, -0.25) is 9.63 Å². The van der Waals surface area contributed by atoms with E-state index >= 15 is 0 Å². The Balaban J connectivity index is 2.13. The van der Waals surface area contributed by atoms with E-state index in [1.165, 1.54) is 17.4 Å². The Labute approximate surface area is 128 Å². The lowest BCUT2D eigenvalue weighted by Crippen LogP contribution is -2.25. The van der Waals surface area contributed by atoms with Gasteiger partial charge in [0.2, 0.25) is 5.91 Å². The number of halogens is 3. The highest BCUT2D eigenvalue weighted by molar-refractivity contribution is 7.13. The molecule has 4 nitrogen and oxygen atoms in total. The molecule has 0 unspecified atom stereocenters. The first-order valence-electron chi connectivity index (χ1n) is 6.43. The van der Waals surface area contributed by atoms with Crippen LogP contribution in [0, 0.1) is 0 Å². The third-order valence-electron chi connectivity index (χ3n) is 2.66. The number of benzene rings is 1. The van der Waals surface area contributed by atoms with E-state index in [4.69, 9.17) is 4.84 Å². The van der Waals surface area contributed by atoms with Crippen molar-refractivity contribution in [2.75, 3.05) is 6.61 Å². The van der Waals surface area contributed by atoms with Crippen LogP contribution in [0.1, 0.15) is 18.2 Å². The highest BCUT2D eigenvalue weighted by Gasteiger charge is 2.30. The van der Waals surface area contributed by atoms with Crippen molar-refractivity contribution < 1.29 is 22.8 Å². The summed E-state index contributed by atoms with van der Waals surface area (Å²) in [5.74, 6) is -0.359. The van der Waals surface area contributed by atoms with Gasteiger partial charge in [-0.05, 0) is 19.1 Å². The Morgan fingerprint density at radius 1 is 1.41 bits per heavy atom. The van der Waals surface area contributed by atoms with Crippen molar-refractivity contribution in [3.63, 3.8) is 0 Å². The maximum absolute atomic E-state index is 12.7. The average Bonchev–Trinajstić information content (AvgIpc) is 2.93. The van der Waals surface area contributed by atoms with Crippen molar-refractivity contribution >= 4 is 17.2 Å². The molecule has 0 spiro atoms. The molecule has 0 aliphatic carbocycles. The van der Waals surface area contributed by atoms with Crippen LogP contribution in [-0.2, 0) is 22.2 Å². The zero-order valence-electron chi connectivity index (χ0n) is 11.6. The SMILES string of the molecule is CCONC(=O)Cc1csc(-c2cccc(C(F)(F)F)c2)n1. The average molecular weight is 330 g/mol. The molecule has 0 radical (unpaired) electrons. The van der Waals surface area contributed by atoms with Crippen molar-refractivity contribution in [3.05, 3.63) is 40.9 Å². The summed E-state index contributed by atoms with van der Waals surface area (Å²) in [6.07, 6.45) is -4.39. The van der Waals surface area contributed by atoms with Crippen LogP contribution in [0.3, 0.4) is 0 Å². The number of thiazole rings is 1. The monoisotopic (exact) mass is 330 g/mol. The quantitative estimate of drug-likeness (QED) is 0.855. The van der Waals surface area contributed by atoms with Crippen LogP contribution in [0.15, 0.2) is 29.6 Å². The smallest absolute Gasteiger partial charge is 0.274 e. The number of hydrogen-bond donors (Lipinski definition) is 1. The number of rotatable bonds is 5. The Morgan fingerprint density at radius 3 is 2.86 bits per heavy atom.